The summed E-state index contributed by atoms with van der Waals surface area (Å²) in [4.78, 5) is 0. The molecule has 0 heterocycles. The largest absolute Gasteiger partial charge is 0.432 e. The van der Waals surface area contributed by atoms with Crippen LogP contribution in [0.15, 0.2) is 18.2 Å². The predicted molar refractivity (Wildman–Crippen MR) is 49.1 cm³/mol. The van der Waals surface area contributed by atoms with Crippen molar-refractivity contribution in [3.63, 3.8) is 0 Å². The van der Waals surface area contributed by atoms with Crippen molar-refractivity contribution in [3.05, 3.63) is 29.6 Å². The topological polar surface area (TPSA) is 9.23 Å². The molecule has 0 aliphatic rings. The summed E-state index contributed by atoms with van der Waals surface area (Å²) in [6.07, 6.45) is 0. The van der Waals surface area contributed by atoms with Gasteiger partial charge in [0.15, 0.2) is 11.6 Å². The maximum absolute atomic E-state index is 12.8. The van der Waals surface area contributed by atoms with Crippen LogP contribution >= 0.6 is 0 Å². The van der Waals surface area contributed by atoms with Crippen molar-refractivity contribution < 1.29 is 17.9 Å². The van der Waals surface area contributed by atoms with Gasteiger partial charge in [-0.15, -0.1) is 0 Å². The van der Waals surface area contributed by atoms with Crippen LogP contribution in [0.2, 0.25) is 0 Å². The number of ether oxygens (including phenoxy) is 1. The Bertz CT molecular complexity index is 274. The first kappa shape index (κ1) is 12.8. The smallest absolute Gasteiger partial charge is 0.387 e. The summed E-state index contributed by atoms with van der Waals surface area (Å²) in [7, 11) is 0. The average Bonchev–Trinajstić information content (AvgIpc) is 2.13. The quantitative estimate of drug-likeness (QED) is 0.715. The molecule has 0 atom stereocenters. The van der Waals surface area contributed by atoms with Crippen molar-refractivity contribution in [1.82, 2.24) is 0 Å². The van der Waals surface area contributed by atoms with Crippen LogP contribution in [0.5, 0.6) is 5.75 Å². The summed E-state index contributed by atoms with van der Waals surface area (Å²) in [5.74, 6) is -1.19. The summed E-state index contributed by atoms with van der Waals surface area (Å²) in [5, 5.41) is 0. The zero-order valence-corrected chi connectivity index (χ0v) is 8.35. The van der Waals surface area contributed by atoms with Gasteiger partial charge < -0.3 is 4.74 Å². The second-order valence-electron chi connectivity index (χ2n) is 2.31. The Morgan fingerprint density at radius 1 is 1.21 bits per heavy atom. The van der Waals surface area contributed by atoms with E-state index in [9.17, 15) is 13.2 Å². The molecule has 0 saturated carbocycles. The molecule has 0 unspecified atom stereocenters. The Morgan fingerprint density at radius 3 is 2.21 bits per heavy atom. The van der Waals surface area contributed by atoms with E-state index in [1.54, 1.807) is 6.92 Å². The summed E-state index contributed by atoms with van der Waals surface area (Å²) in [5.41, 5.74) is 0.661. The average molecular weight is 206 g/mol. The summed E-state index contributed by atoms with van der Waals surface area (Å²) >= 11 is 0. The van der Waals surface area contributed by atoms with Crippen molar-refractivity contribution in [2.75, 3.05) is 0 Å². The van der Waals surface area contributed by atoms with E-state index in [1.165, 1.54) is 12.1 Å². The Hall–Kier alpha value is -1.19. The summed E-state index contributed by atoms with van der Waals surface area (Å²) in [6.45, 7) is 2.68. The van der Waals surface area contributed by atoms with Gasteiger partial charge in [0.05, 0.1) is 0 Å². The molecular formula is C10H13F3O. The number of benzene rings is 1. The fourth-order valence-electron chi connectivity index (χ4n) is 0.797. The third kappa shape index (κ3) is 4.16. The zero-order valence-electron chi connectivity index (χ0n) is 8.35. The normalized spacial score (nSPS) is 9.36. The maximum atomic E-state index is 12.8. The van der Waals surface area contributed by atoms with Gasteiger partial charge in [-0.05, 0) is 24.6 Å². The highest BCUT2D eigenvalue weighted by atomic mass is 19.3. The van der Waals surface area contributed by atoms with Gasteiger partial charge in [-0.3, -0.25) is 0 Å². The van der Waals surface area contributed by atoms with E-state index in [2.05, 4.69) is 4.74 Å². The maximum Gasteiger partial charge on any atom is 0.387 e. The van der Waals surface area contributed by atoms with E-state index in [1.807, 2.05) is 13.8 Å². The fourth-order valence-corrected chi connectivity index (χ4v) is 0.797. The highest BCUT2D eigenvalue weighted by Crippen LogP contribution is 2.19. The molecule has 0 saturated heterocycles. The van der Waals surface area contributed by atoms with Crippen LogP contribution in [0, 0.1) is 12.7 Å². The molecule has 0 aliphatic carbocycles. The summed E-state index contributed by atoms with van der Waals surface area (Å²) < 4.78 is 39.9. The van der Waals surface area contributed by atoms with Crippen LogP contribution in [0.25, 0.3) is 0 Å². The highest BCUT2D eigenvalue weighted by molar-refractivity contribution is 5.28. The van der Waals surface area contributed by atoms with Crippen LogP contribution in [0.4, 0.5) is 13.2 Å². The number of hydrogen-bond donors (Lipinski definition) is 0. The second-order valence-corrected chi connectivity index (χ2v) is 2.31. The molecule has 1 rings (SSSR count). The molecule has 4 heteroatoms. The zero-order chi connectivity index (χ0) is 11.1. The van der Waals surface area contributed by atoms with Gasteiger partial charge in [-0.25, -0.2) is 4.39 Å². The van der Waals surface area contributed by atoms with Gasteiger partial charge in [0, 0.05) is 0 Å². The first-order valence-electron chi connectivity index (χ1n) is 4.30. The minimum Gasteiger partial charge on any atom is -0.432 e. The lowest BCUT2D eigenvalue weighted by Crippen LogP contribution is -2.03. The first-order chi connectivity index (χ1) is 6.59. The van der Waals surface area contributed by atoms with Gasteiger partial charge in [-0.2, -0.15) is 8.78 Å². The lowest BCUT2D eigenvalue weighted by molar-refractivity contribution is -0.0522. The molecule has 0 amide bonds. The van der Waals surface area contributed by atoms with Gasteiger partial charge in [-0.1, -0.05) is 19.9 Å². The van der Waals surface area contributed by atoms with Gasteiger partial charge in [0.2, 0.25) is 0 Å². The minimum atomic E-state index is -2.98. The van der Waals surface area contributed by atoms with Crippen LogP contribution in [-0.2, 0) is 0 Å². The fraction of sp³-hybridized carbons (Fsp3) is 0.400. The summed E-state index contributed by atoms with van der Waals surface area (Å²) in [6, 6.07) is 3.81. The predicted octanol–water partition coefficient (Wildman–Crippen LogP) is 3.76. The van der Waals surface area contributed by atoms with E-state index in [0.717, 1.165) is 6.07 Å². The van der Waals surface area contributed by atoms with Gasteiger partial charge in [0.1, 0.15) is 0 Å². The monoisotopic (exact) mass is 206 g/mol. The molecule has 80 valence electrons. The number of halogens is 3. The van der Waals surface area contributed by atoms with Crippen molar-refractivity contribution >= 4 is 0 Å². The van der Waals surface area contributed by atoms with E-state index in [4.69, 9.17) is 0 Å². The Balaban J connectivity index is 0.000000791. The van der Waals surface area contributed by atoms with Crippen LogP contribution in [0.3, 0.4) is 0 Å². The SMILES string of the molecule is CC.Cc1ccc(OC(F)F)c(F)c1. The van der Waals surface area contributed by atoms with E-state index in [-0.39, 0.29) is 0 Å². The number of rotatable bonds is 2. The number of aryl methyl sites for hydroxylation is 1. The first-order valence-corrected chi connectivity index (χ1v) is 4.30. The van der Waals surface area contributed by atoms with Crippen LogP contribution in [0.1, 0.15) is 19.4 Å². The molecule has 14 heavy (non-hydrogen) atoms. The third-order valence-corrected chi connectivity index (χ3v) is 1.30. The molecule has 0 fully saturated rings. The van der Waals surface area contributed by atoms with E-state index < -0.39 is 18.2 Å². The molecule has 0 aliphatic heterocycles. The lowest BCUT2D eigenvalue weighted by Gasteiger charge is -2.05. The Kier molecular flexibility index (Phi) is 5.76. The third-order valence-electron chi connectivity index (χ3n) is 1.30. The molecule has 1 aromatic carbocycles. The molecule has 0 radical (unpaired) electrons. The minimum absolute atomic E-state index is 0.421. The van der Waals surface area contributed by atoms with Crippen molar-refractivity contribution in [2.45, 2.75) is 27.4 Å². The standard InChI is InChI=1S/C8H7F3O.C2H6/c1-5-2-3-7(6(9)4-5)12-8(10)11;1-2/h2-4,8H,1H3;1-2H3. The molecule has 0 aromatic heterocycles. The Morgan fingerprint density at radius 2 is 1.79 bits per heavy atom. The molecule has 0 bridgehead atoms. The van der Waals surface area contributed by atoms with Gasteiger partial charge >= 0.3 is 6.61 Å². The van der Waals surface area contributed by atoms with Crippen molar-refractivity contribution in [3.8, 4) is 5.75 Å². The second kappa shape index (κ2) is 6.29. The molecule has 1 aromatic rings. The molecule has 1 nitrogen and oxygen atoms in total. The highest BCUT2D eigenvalue weighted by Gasteiger charge is 2.08. The van der Waals surface area contributed by atoms with E-state index in [0.29, 0.717) is 5.56 Å². The molecule has 0 N–H and O–H groups in total. The van der Waals surface area contributed by atoms with E-state index >= 15 is 0 Å². The number of hydrogen-bond acceptors (Lipinski definition) is 1. The van der Waals surface area contributed by atoms with Crippen molar-refractivity contribution in [1.29, 1.82) is 0 Å². The van der Waals surface area contributed by atoms with Crippen molar-refractivity contribution in [2.24, 2.45) is 0 Å². The van der Waals surface area contributed by atoms with Crippen LogP contribution in [-0.4, -0.2) is 6.61 Å². The Labute approximate surface area is 81.5 Å². The molecular weight excluding hydrogens is 193 g/mol. The number of alkyl halides is 2. The van der Waals surface area contributed by atoms with Crippen LogP contribution < -0.4 is 4.74 Å². The lowest BCUT2D eigenvalue weighted by atomic mass is 10.2. The van der Waals surface area contributed by atoms with Gasteiger partial charge in [0.25, 0.3) is 0 Å². The molecule has 0 spiro atoms.